The number of rotatable bonds is 3. The maximum atomic E-state index is 13.5. The topological polar surface area (TPSA) is 59.5 Å². The fraction of sp³-hybridized carbons (Fsp3) is 0.375. The van der Waals surface area contributed by atoms with Crippen LogP contribution in [-0.2, 0) is 11.3 Å². The van der Waals surface area contributed by atoms with Gasteiger partial charge in [0.1, 0.15) is 0 Å². The second-order valence-electron chi connectivity index (χ2n) is 8.66. The van der Waals surface area contributed by atoms with Crippen molar-refractivity contribution < 1.29 is 9.59 Å². The Hall–Kier alpha value is -3.35. The molecular weight excluding hydrogens is 390 g/mol. The van der Waals surface area contributed by atoms with Crippen molar-refractivity contribution in [1.29, 1.82) is 0 Å². The first-order chi connectivity index (χ1) is 14.9. The van der Waals surface area contributed by atoms with E-state index in [0.29, 0.717) is 6.54 Å². The zero-order valence-corrected chi connectivity index (χ0v) is 18.4. The van der Waals surface area contributed by atoms with Crippen LogP contribution in [0.3, 0.4) is 0 Å². The van der Waals surface area contributed by atoms with Crippen LogP contribution in [0.15, 0.2) is 47.5 Å². The van der Waals surface area contributed by atoms with E-state index >= 15 is 0 Å². The summed E-state index contributed by atoms with van der Waals surface area (Å²) < 4.78 is 0. The summed E-state index contributed by atoms with van der Waals surface area (Å²) in [6.45, 7) is 7.98. The number of hydrogen-bond acceptors (Lipinski definition) is 5. The third kappa shape index (κ3) is 2.99. The van der Waals surface area contributed by atoms with Gasteiger partial charge in [-0.3, -0.25) is 9.69 Å². The van der Waals surface area contributed by atoms with Crippen LogP contribution in [0.1, 0.15) is 22.3 Å². The number of imide groups is 1. The van der Waals surface area contributed by atoms with Gasteiger partial charge in [0.2, 0.25) is 5.96 Å². The third-order valence-electron chi connectivity index (χ3n) is 6.71. The minimum Gasteiger partial charge on any atom is -0.325 e. The van der Waals surface area contributed by atoms with E-state index in [1.54, 1.807) is 11.9 Å². The molecule has 2 fully saturated rings. The predicted molar refractivity (Wildman–Crippen MR) is 120 cm³/mol. The van der Waals surface area contributed by atoms with Crippen LogP contribution in [0.25, 0.3) is 0 Å². The first kappa shape index (κ1) is 19.6. The Morgan fingerprint density at radius 1 is 1.00 bits per heavy atom. The monoisotopic (exact) mass is 417 g/mol. The molecule has 0 spiro atoms. The number of nitrogens with zero attached hydrogens (tertiary/aromatic N) is 5. The highest BCUT2D eigenvalue weighted by Gasteiger charge is 2.54. The van der Waals surface area contributed by atoms with Gasteiger partial charge in [0, 0.05) is 25.8 Å². The summed E-state index contributed by atoms with van der Waals surface area (Å²) >= 11 is 0. The predicted octanol–water partition coefficient (Wildman–Crippen LogP) is 2.89. The molecule has 0 aromatic heterocycles. The van der Waals surface area contributed by atoms with Crippen LogP contribution in [-0.4, -0.2) is 64.9 Å². The smallest absolute Gasteiger partial charge is 0.325 e. The second-order valence-corrected chi connectivity index (χ2v) is 8.66. The number of urea groups is 1. The van der Waals surface area contributed by atoms with E-state index in [1.807, 2.05) is 37.3 Å². The molecule has 3 aliphatic rings. The second kappa shape index (κ2) is 7.11. The quantitative estimate of drug-likeness (QED) is 0.771. The fourth-order valence-corrected chi connectivity index (χ4v) is 4.71. The van der Waals surface area contributed by atoms with Crippen molar-refractivity contribution in [3.05, 3.63) is 64.7 Å². The molecule has 0 bridgehead atoms. The van der Waals surface area contributed by atoms with Crippen molar-refractivity contribution >= 4 is 23.6 Å². The number of guanidine groups is 1. The number of amides is 3. The molecule has 3 heterocycles. The lowest BCUT2D eigenvalue weighted by atomic mass is 10.1. The van der Waals surface area contributed by atoms with Gasteiger partial charge in [-0.1, -0.05) is 42.0 Å². The van der Waals surface area contributed by atoms with Crippen LogP contribution >= 0.6 is 0 Å². The van der Waals surface area contributed by atoms with Gasteiger partial charge in [0.15, 0.2) is 12.2 Å². The highest BCUT2D eigenvalue weighted by atomic mass is 16.2. The lowest BCUT2D eigenvalue weighted by Crippen LogP contribution is -2.64. The normalized spacial score (nSPS) is 22.8. The number of likely N-dealkylation sites (N-methyl/N-ethyl adjacent to an activating group) is 1. The molecule has 2 aromatic rings. The molecule has 0 radical (unpaired) electrons. The molecule has 7 heteroatoms. The van der Waals surface area contributed by atoms with E-state index in [2.05, 4.69) is 35.8 Å². The number of carbonyl (C=O) groups is 2. The number of aryl methyl sites for hydroxylation is 2. The van der Waals surface area contributed by atoms with Gasteiger partial charge < -0.3 is 14.7 Å². The molecular formula is C24H27N5O2. The minimum atomic E-state index is -0.489. The molecule has 2 atom stereocenters. The molecule has 2 saturated heterocycles. The number of fused-ring (bicyclic) bond motifs is 3. The summed E-state index contributed by atoms with van der Waals surface area (Å²) in [6.07, 6.45) is -0.489. The first-order valence-corrected chi connectivity index (χ1v) is 10.7. The van der Waals surface area contributed by atoms with Crippen LogP contribution in [0.4, 0.5) is 10.5 Å². The van der Waals surface area contributed by atoms with Crippen LogP contribution in [0, 0.1) is 20.8 Å². The molecule has 3 amide bonds. The molecule has 2 unspecified atom stereocenters. The summed E-state index contributed by atoms with van der Waals surface area (Å²) in [5.74, 6) is 0.615. The zero-order valence-electron chi connectivity index (χ0n) is 18.4. The number of carbonyl (C=O) groups excluding carboxylic acids is 2. The molecule has 160 valence electrons. The maximum Gasteiger partial charge on any atom is 0.328 e. The van der Waals surface area contributed by atoms with E-state index in [9.17, 15) is 9.59 Å². The van der Waals surface area contributed by atoms with Crippen molar-refractivity contribution in [3.63, 3.8) is 0 Å². The Balaban J connectivity index is 1.45. The number of hydrogen-bond donors (Lipinski definition) is 0. The Bertz CT molecular complexity index is 1090. The van der Waals surface area contributed by atoms with Gasteiger partial charge in [-0.05, 0) is 43.5 Å². The van der Waals surface area contributed by atoms with Crippen molar-refractivity contribution in [2.24, 2.45) is 4.99 Å². The minimum absolute atomic E-state index is 0.171. The van der Waals surface area contributed by atoms with Gasteiger partial charge in [0.05, 0.1) is 6.54 Å². The van der Waals surface area contributed by atoms with Crippen molar-refractivity contribution in [1.82, 2.24) is 14.7 Å². The number of anilines is 1. The fourth-order valence-electron chi connectivity index (χ4n) is 4.71. The molecule has 7 nitrogen and oxygen atoms in total. The largest absolute Gasteiger partial charge is 0.328 e. The van der Waals surface area contributed by atoms with E-state index in [0.717, 1.165) is 29.3 Å². The Morgan fingerprint density at radius 3 is 2.48 bits per heavy atom. The molecule has 0 N–H and O–H groups in total. The van der Waals surface area contributed by atoms with Gasteiger partial charge in [-0.25, -0.2) is 9.79 Å². The molecule has 2 aromatic carbocycles. The summed E-state index contributed by atoms with van der Waals surface area (Å²) in [5, 5.41) is 0. The standard InChI is InChI=1S/C24H27N5O2/c1-15-8-10-18(11-9-15)14-29-22(30)20-21(26(4)24(29)31)25-23-27(12-13-28(20)23)19-7-5-6-16(2)17(19)3/h5-11,20-21H,12-14H2,1-4H3. The Kier molecular flexibility index (Phi) is 4.50. The molecule has 0 saturated carbocycles. The third-order valence-corrected chi connectivity index (χ3v) is 6.71. The summed E-state index contributed by atoms with van der Waals surface area (Å²) in [6, 6.07) is 13.4. The van der Waals surface area contributed by atoms with E-state index in [4.69, 9.17) is 4.99 Å². The molecule has 5 rings (SSSR count). The maximum absolute atomic E-state index is 13.5. The molecule has 0 aliphatic carbocycles. The van der Waals surface area contributed by atoms with Crippen LogP contribution in [0.2, 0.25) is 0 Å². The van der Waals surface area contributed by atoms with E-state index in [-0.39, 0.29) is 18.5 Å². The lowest BCUT2D eigenvalue weighted by molar-refractivity contribution is -0.137. The van der Waals surface area contributed by atoms with Gasteiger partial charge in [0.25, 0.3) is 5.91 Å². The SMILES string of the molecule is Cc1ccc(CN2C(=O)C3C(N=C4N(c5cccc(C)c5C)CCN43)N(C)C2=O)cc1. The summed E-state index contributed by atoms with van der Waals surface area (Å²) in [4.78, 5) is 38.6. The van der Waals surface area contributed by atoms with Crippen molar-refractivity contribution in [2.45, 2.75) is 39.5 Å². The van der Waals surface area contributed by atoms with Gasteiger partial charge >= 0.3 is 6.03 Å². The number of benzene rings is 2. The summed E-state index contributed by atoms with van der Waals surface area (Å²) in [7, 11) is 1.74. The summed E-state index contributed by atoms with van der Waals surface area (Å²) in [5.41, 5.74) is 5.63. The van der Waals surface area contributed by atoms with Gasteiger partial charge in [-0.15, -0.1) is 0 Å². The first-order valence-electron chi connectivity index (χ1n) is 10.7. The molecule has 3 aliphatic heterocycles. The van der Waals surface area contributed by atoms with E-state index in [1.165, 1.54) is 16.0 Å². The number of aliphatic imine (C=N–C) groups is 1. The average molecular weight is 418 g/mol. The van der Waals surface area contributed by atoms with E-state index < -0.39 is 12.2 Å². The highest BCUT2D eigenvalue weighted by molar-refractivity contribution is 6.08. The van der Waals surface area contributed by atoms with Crippen molar-refractivity contribution in [2.75, 3.05) is 25.0 Å². The highest BCUT2D eigenvalue weighted by Crippen LogP contribution is 2.35. The lowest BCUT2D eigenvalue weighted by Gasteiger charge is -2.40. The Labute approximate surface area is 182 Å². The Morgan fingerprint density at radius 2 is 1.74 bits per heavy atom. The van der Waals surface area contributed by atoms with Crippen LogP contribution in [0.5, 0.6) is 0 Å². The molecule has 31 heavy (non-hydrogen) atoms. The van der Waals surface area contributed by atoms with Crippen LogP contribution < -0.4 is 4.90 Å². The zero-order chi connectivity index (χ0) is 21.9. The van der Waals surface area contributed by atoms with Crippen molar-refractivity contribution in [3.8, 4) is 0 Å². The average Bonchev–Trinajstić information content (AvgIpc) is 3.32. The van der Waals surface area contributed by atoms with Gasteiger partial charge in [-0.2, -0.15) is 0 Å².